The third-order valence-corrected chi connectivity index (χ3v) is 7.05. The van der Waals surface area contributed by atoms with Gasteiger partial charge in [0, 0.05) is 48.3 Å². The molecule has 0 aliphatic carbocycles. The Balaban J connectivity index is 1.37. The summed E-state index contributed by atoms with van der Waals surface area (Å²) in [7, 11) is 0. The SMILES string of the molecule is O=C(c1ccc(CNc2cc(-c3ccccc3F)nc3c(Br)cnn23)cc1)N1CCSCC1. The van der Waals surface area contributed by atoms with Crippen LogP contribution in [-0.2, 0) is 6.54 Å². The Kier molecular flexibility index (Phi) is 6.32. The molecular formula is C24H21BrFN5OS. The number of rotatable bonds is 5. The van der Waals surface area contributed by atoms with Crippen LogP contribution in [0.1, 0.15) is 15.9 Å². The standard InChI is InChI=1S/C24H21BrFN5OS/c25-19-15-28-31-22(13-21(29-23(19)31)18-3-1-2-4-20(18)26)27-14-16-5-7-17(8-6-16)24(32)30-9-11-33-12-10-30/h1-8,13,15,27H,9-12,14H2. The van der Waals surface area contributed by atoms with Crippen molar-refractivity contribution in [3.8, 4) is 11.3 Å². The molecule has 0 atom stereocenters. The molecule has 1 aliphatic heterocycles. The van der Waals surface area contributed by atoms with Gasteiger partial charge in [0.25, 0.3) is 5.91 Å². The van der Waals surface area contributed by atoms with Gasteiger partial charge in [0.1, 0.15) is 11.6 Å². The van der Waals surface area contributed by atoms with Crippen LogP contribution in [0.3, 0.4) is 0 Å². The van der Waals surface area contributed by atoms with E-state index in [1.807, 2.05) is 40.9 Å². The van der Waals surface area contributed by atoms with Gasteiger partial charge in [-0.2, -0.15) is 21.4 Å². The van der Waals surface area contributed by atoms with Gasteiger partial charge in [-0.25, -0.2) is 9.37 Å². The molecule has 33 heavy (non-hydrogen) atoms. The normalized spacial score (nSPS) is 13.9. The Morgan fingerprint density at radius 1 is 1.12 bits per heavy atom. The number of halogens is 2. The molecule has 1 amide bonds. The molecule has 1 fully saturated rings. The predicted molar refractivity (Wildman–Crippen MR) is 133 cm³/mol. The number of fused-ring (bicyclic) bond motifs is 1. The molecular weight excluding hydrogens is 505 g/mol. The molecule has 1 saturated heterocycles. The number of hydrogen-bond acceptors (Lipinski definition) is 5. The fourth-order valence-electron chi connectivity index (χ4n) is 3.78. The smallest absolute Gasteiger partial charge is 0.253 e. The second-order valence-corrected chi connectivity index (χ2v) is 9.77. The van der Waals surface area contributed by atoms with E-state index in [1.54, 1.807) is 35.0 Å². The van der Waals surface area contributed by atoms with Crippen LogP contribution < -0.4 is 5.32 Å². The third-order valence-electron chi connectivity index (χ3n) is 5.55. The van der Waals surface area contributed by atoms with Crippen LogP contribution in [0, 0.1) is 5.82 Å². The van der Waals surface area contributed by atoms with Gasteiger partial charge in [0.05, 0.1) is 16.4 Å². The predicted octanol–water partition coefficient (Wildman–Crippen LogP) is 5.10. The molecule has 9 heteroatoms. The Bertz CT molecular complexity index is 1300. The van der Waals surface area contributed by atoms with Crippen molar-refractivity contribution < 1.29 is 9.18 Å². The first-order chi connectivity index (χ1) is 16.1. The summed E-state index contributed by atoms with van der Waals surface area (Å²) in [4.78, 5) is 19.2. The van der Waals surface area contributed by atoms with Crippen LogP contribution in [0.5, 0.6) is 0 Å². The number of carbonyl (C=O) groups excluding carboxylic acids is 1. The average molecular weight is 526 g/mol. The highest BCUT2D eigenvalue weighted by atomic mass is 79.9. The Morgan fingerprint density at radius 2 is 1.88 bits per heavy atom. The highest BCUT2D eigenvalue weighted by molar-refractivity contribution is 9.10. The summed E-state index contributed by atoms with van der Waals surface area (Å²) >= 11 is 5.36. The van der Waals surface area contributed by atoms with E-state index in [0.717, 1.165) is 34.6 Å². The number of thioether (sulfide) groups is 1. The summed E-state index contributed by atoms with van der Waals surface area (Å²) in [6.07, 6.45) is 1.66. The first kappa shape index (κ1) is 21.9. The molecule has 4 aromatic rings. The molecule has 168 valence electrons. The molecule has 6 nitrogen and oxygen atoms in total. The lowest BCUT2D eigenvalue weighted by Crippen LogP contribution is -2.37. The van der Waals surface area contributed by atoms with Crippen molar-refractivity contribution in [2.24, 2.45) is 0 Å². The van der Waals surface area contributed by atoms with Crippen molar-refractivity contribution in [2.45, 2.75) is 6.54 Å². The van der Waals surface area contributed by atoms with Crippen LogP contribution in [0.2, 0.25) is 0 Å². The summed E-state index contributed by atoms with van der Waals surface area (Å²) in [5.74, 6) is 2.43. The molecule has 1 N–H and O–H groups in total. The highest BCUT2D eigenvalue weighted by Crippen LogP contribution is 2.27. The van der Waals surface area contributed by atoms with Crippen molar-refractivity contribution in [1.29, 1.82) is 0 Å². The summed E-state index contributed by atoms with van der Waals surface area (Å²) in [5.41, 5.74) is 3.26. The van der Waals surface area contributed by atoms with Gasteiger partial charge >= 0.3 is 0 Å². The molecule has 0 saturated carbocycles. The molecule has 0 bridgehead atoms. The minimum atomic E-state index is -0.330. The molecule has 3 heterocycles. The highest BCUT2D eigenvalue weighted by Gasteiger charge is 2.18. The Morgan fingerprint density at radius 3 is 2.64 bits per heavy atom. The van der Waals surface area contributed by atoms with E-state index < -0.39 is 0 Å². The first-order valence-corrected chi connectivity index (χ1v) is 12.5. The fourth-order valence-corrected chi connectivity index (χ4v) is 5.03. The van der Waals surface area contributed by atoms with Crippen molar-refractivity contribution in [1.82, 2.24) is 19.5 Å². The Labute approximate surface area is 203 Å². The maximum absolute atomic E-state index is 14.4. The van der Waals surface area contributed by atoms with Crippen molar-refractivity contribution >= 4 is 45.1 Å². The molecule has 0 spiro atoms. The van der Waals surface area contributed by atoms with Gasteiger partial charge in [-0.15, -0.1) is 0 Å². The average Bonchev–Trinajstić information content (AvgIpc) is 3.24. The van der Waals surface area contributed by atoms with Crippen LogP contribution in [0.25, 0.3) is 16.9 Å². The maximum Gasteiger partial charge on any atom is 0.253 e. The minimum absolute atomic E-state index is 0.0848. The largest absolute Gasteiger partial charge is 0.366 e. The van der Waals surface area contributed by atoms with Crippen molar-refractivity contribution in [3.63, 3.8) is 0 Å². The van der Waals surface area contributed by atoms with Gasteiger partial charge in [-0.3, -0.25) is 4.79 Å². The van der Waals surface area contributed by atoms with E-state index in [2.05, 4.69) is 31.3 Å². The van der Waals surface area contributed by atoms with Gasteiger partial charge < -0.3 is 10.2 Å². The number of nitrogens with zero attached hydrogens (tertiary/aromatic N) is 4. The molecule has 2 aromatic heterocycles. The maximum atomic E-state index is 14.4. The molecule has 2 aromatic carbocycles. The number of anilines is 1. The van der Waals surface area contributed by atoms with Crippen molar-refractivity contribution in [3.05, 3.63) is 82.2 Å². The van der Waals surface area contributed by atoms with E-state index in [4.69, 9.17) is 0 Å². The monoisotopic (exact) mass is 525 g/mol. The van der Waals surface area contributed by atoms with Crippen LogP contribution in [-0.4, -0.2) is 50.0 Å². The molecule has 0 unspecified atom stereocenters. The summed E-state index contributed by atoms with van der Waals surface area (Å²) in [6, 6.07) is 16.0. The summed E-state index contributed by atoms with van der Waals surface area (Å²) < 4.78 is 16.8. The van der Waals surface area contributed by atoms with Gasteiger partial charge in [0.2, 0.25) is 0 Å². The van der Waals surface area contributed by atoms with Gasteiger partial charge in [0.15, 0.2) is 5.65 Å². The van der Waals surface area contributed by atoms with E-state index in [0.29, 0.717) is 34.8 Å². The first-order valence-electron chi connectivity index (χ1n) is 10.6. The van der Waals surface area contributed by atoms with E-state index in [-0.39, 0.29) is 11.7 Å². The van der Waals surface area contributed by atoms with Gasteiger partial charge in [-0.05, 0) is 45.8 Å². The topological polar surface area (TPSA) is 62.5 Å². The summed E-state index contributed by atoms with van der Waals surface area (Å²) in [5, 5.41) is 7.75. The number of hydrogen-bond donors (Lipinski definition) is 1. The van der Waals surface area contributed by atoms with Gasteiger partial charge in [-0.1, -0.05) is 24.3 Å². The number of carbonyl (C=O) groups is 1. The summed E-state index contributed by atoms with van der Waals surface area (Å²) in [6.45, 7) is 2.12. The number of aromatic nitrogens is 3. The quantitative estimate of drug-likeness (QED) is 0.392. The number of amides is 1. The number of nitrogens with one attached hydrogen (secondary N) is 1. The zero-order valence-corrected chi connectivity index (χ0v) is 20.1. The minimum Gasteiger partial charge on any atom is -0.366 e. The molecule has 1 aliphatic rings. The van der Waals surface area contributed by atoms with Crippen LogP contribution >= 0.6 is 27.7 Å². The Hall–Kier alpha value is -2.91. The number of benzene rings is 2. The fraction of sp³-hybridized carbons (Fsp3) is 0.208. The second kappa shape index (κ2) is 9.52. The van der Waals surface area contributed by atoms with Crippen LogP contribution in [0.15, 0.2) is 65.3 Å². The lowest BCUT2D eigenvalue weighted by Gasteiger charge is -2.26. The molecule has 5 rings (SSSR count). The van der Waals surface area contributed by atoms with E-state index >= 15 is 0 Å². The lowest BCUT2D eigenvalue weighted by molar-refractivity contribution is 0.0772. The van der Waals surface area contributed by atoms with Crippen LogP contribution in [0.4, 0.5) is 10.2 Å². The van der Waals surface area contributed by atoms with Crippen molar-refractivity contribution in [2.75, 3.05) is 29.9 Å². The third kappa shape index (κ3) is 4.60. The second-order valence-electron chi connectivity index (χ2n) is 7.69. The zero-order valence-electron chi connectivity index (χ0n) is 17.7. The van der Waals surface area contributed by atoms with E-state index in [9.17, 15) is 9.18 Å². The zero-order chi connectivity index (χ0) is 22.8. The lowest BCUT2D eigenvalue weighted by atomic mass is 10.1. The van der Waals surface area contributed by atoms with E-state index in [1.165, 1.54) is 6.07 Å². The molecule has 0 radical (unpaired) electrons.